The molecule has 0 aliphatic rings. The minimum atomic E-state index is -0.647. The van der Waals surface area contributed by atoms with Crippen molar-refractivity contribution < 1.29 is 9.53 Å². The number of thiophene rings is 1. The highest BCUT2D eigenvalue weighted by atomic mass is 35.5. The van der Waals surface area contributed by atoms with Gasteiger partial charge in [-0.2, -0.15) is 0 Å². The van der Waals surface area contributed by atoms with Crippen LogP contribution < -0.4 is 10.1 Å². The summed E-state index contributed by atoms with van der Waals surface area (Å²) in [4.78, 5) is 13.2. The summed E-state index contributed by atoms with van der Waals surface area (Å²) in [6.07, 6.45) is -0.647. The number of nitrogens with one attached hydrogen (secondary N) is 1. The molecule has 0 aliphatic carbocycles. The molecule has 6 heteroatoms. The third kappa shape index (κ3) is 4.37. The molecule has 2 aromatic rings. The lowest BCUT2D eigenvalue weighted by Gasteiger charge is -2.18. The number of benzene rings is 1. The van der Waals surface area contributed by atoms with Gasteiger partial charge in [-0.3, -0.25) is 4.79 Å². The molecule has 1 N–H and O–H groups in total. The minimum absolute atomic E-state index is 0.0516. The summed E-state index contributed by atoms with van der Waals surface area (Å²) in [6.45, 7) is 3.62. The van der Waals surface area contributed by atoms with Crippen LogP contribution in [0.25, 0.3) is 0 Å². The Hall–Kier alpha value is -1.23. The number of rotatable bonds is 5. The SMILES string of the molecule is CC(Oc1ccc(Cl)cc1Cl)C(=O)NC(C)c1cccs1. The van der Waals surface area contributed by atoms with Gasteiger partial charge in [0.05, 0.1) is 11.1 Å². The number of hydrogen-bond acceptors (Lipinski definition) is 3. The van der Waals surface area contributed by atoms with E-state index in [1.165, 1.54) is 0 Å². The van der Waals surface area contributed by atoms with Crippen molar-refractivity contribution in [2.45, 2.75) is 26.0 Å². The quantitative estimate of drug-likeness (QED) is 0.854. The van der Waals surface area contributed by atoms with Gasteiger partial charge in [0.2, 0.25) is 0 Å². The van der Waals surface area contributed by atoms with E-state index in [9.17, 15) is 4.79 Å². The highest BCUT2D eigenvalue weighted by Gasteiger charge is 2.19. The van der Waals surface area contributed by atoms with Crippen LogP contribution in [0.5, 0.6) is 5.75 Å². The van der Waals surface area contributed by atoms with Crippen LogP contribution in [0.1, 0.15) is 24.8 Å². The van der Waals surface area contributed by atoms with Crippen LogP contribution in [0.2, 0.25) is 10.0 Å². The van der Waals surface area contributed by atoms with Gasteiger partial charge in [-0.05, 0) is 43.5 Å². The maximum Gasteiger partial charge on any atom is 0.261 e. The predicted molar refractivity (Wildman–Crippen MR) is 87.4 cm³/mol. The summed E-state index contributed by atoms with van der Waals surface area (Å²) >= 11 is 13.5. The van der Waals surface area contributed by atoms with Crippen LogP contribution in [-0.4, -0.2) is 12.0 Å². The van der Waals surface area contributed by atoms with Gasteiger partial charge in [0.1, 0.15) is 5.75 Å². The van der Waals surface area contributed by atoms with Crippen LogP contribution in [0.15, 0.2) is 35.7 Å². The lowest BCUT2D eigenvalue weighted by Crippen LogP contribution is -2.37. The fourth-order valence-electron chi connectivity index (χ4n) is 1.75. The van der Waals surface area contributed by atoms with Crippen molar-refractivity contribution in [2.24, 2.45) is 0 Å². The molecule has 21 heavy (non-hydrogen) atoms. The lowest BCUT2D eigenvalue weighted by molar-refractivity contribution is -0.127. The molecule has 0 spiro atoms. The van der Waals surface area contributed by atoms with E-state index in [0.29, 0.717) is 15.8 Å². The zero-order chi connectivity index (χ0) is 15.4. The largest absolute Gasteiger partial charge is 0.479 e. The average Bonchev–Trinajstić information content (AvgIpc) is 2.95. The molecule has 0 radical (unpaired) electrons. The molecule has 0 fully saturated rings. The highest BCUT2D eigenvalue weighted by Crippen LogP contribution is 2.28. The molecule has 1 aromatic heterocycles. The Bertz CT molecular complexity index is 616. The van der Waals surface area contributed by atoms with Gasteiger partial charge in [0, 0.05) is 9.90 Å². The van der Waals surface area contributed by atoms with Crippen molar-refractivity contribution in [1.29, 1.82) is 0 Å². The van der Waals surface area contributed by atoms with E-state index in [0.717, 1.165) is 4.88 Å². The van der Waals surface area contributed by atoms with Gasteiger partial charge in [0.25, 0.3) is 5.91 Å². The summed E-state index contributed by atoms with van der Waals surface area (Å²) in [5.74, 6) is 0.245. The number of hydrogen-bond donors (Lipinski definition) is 1. The summed E-state index contributed by atoms with van der Waals surface area (Å²) in [6, 6.07) is 8.79. The molecule has 2 unspecified atom stereocenters. The first kappa shape index (κ1) is 16.1. The average molecular weight is 344 g/mol. The van der Waals surface area contributed by atoms with Crippen molar-refractivity contribution in [2.75, 3.05) is 0 Å². The number of amides is 1. The molecule has 1 amide bonds. The molecule has 112 valence electrons. The van der Waals surface area contributed by atoms with E-state index < -0.39 is 6.10 Å². The second-order valence-corrected chi connectivity index (χ2v) is 6.40. The molecular formula is C15H15Cl2NO2S. The van der Waals surface area contributed by atoms with Gasteiger partial charge < -0.3 is 10.1 Å². The van der Waals surface area contributed by atoms with Crippen LogP contribution in [-0.2, 0) is 4.79 Å². The van der Waals surface area contributed by atoms with Crippen LogP contribution in [0.3, 0.4) is 0 Å². The number of ether oxygens (including phenoxy) is 1. The minimum Gasteiger partial charge on any atom is -0.479 e. The molecule has 0 saturated heterocycles. The molecule has 1 heterocycles. The van der Waals surface area contributed by atoms with E-state index in [1.807, 2.05) is 24.4 Å². The molecule has 1 aromatic carbocycles. The van der Waals surface area contributed by atoms with Crippen molar-refractivity contribution in [3.05, 3.63) is 50.6 Å². The molecule has 3 nitrogen and oxygen atoms in total. The third-order valence-corrected chi connectivity index (χ3v) is 4.48. The maximum absolute atomic E-state index is 12.1. The first-order chi connectivity index (χ1) is 9.97. The van der Waals surface area contributed by atoms with Crippen molar-refractivity contribution in [3.8, 4) is 5.75 Å². The normalized spacial score (nSPS) is 13.5. The molecule has 0 bridgehead atoms. The number of carbonyl (C=O) groups excluding carboxylic acids is 1. The molecule has 2 rings (SSSR count). The third-order valence-electron chi connectivity index (χ3n) is 2.90. The molecule has 0 aliphatic heterocycles. The second kappa shape index (κ2) is 7.16. The van der Waals surface area contributed by atoms with Gasteiger partial charge in [-0.1, -0.05) is 29.3 Å². The predicted octanol–water partition coefficient (Wildman–Crippen LogP) is 4.70. The van der Waals surface area contributed by atoms with Crippen LogP contribution >= 0.6 is 34.5 Å². The smallest absolute Gasteiger partial charge is 0.261 e. The van der Waals surface area contributed by atoms with E-state index in [1.54, 1.807) is 36.5 Å². The van der Waals surface area contributed by atoms with E-state index in [-0.39, 0.29) is 11.9 Å². The van der Waals surface area contributed by atoms with Crippen molar-refractivity contribution >= 4 is 40.4 Å². The highest BCUT2D eigenvalue weighted by molar-refractivity contribution is 7.10. The number of carbonyl (C=O) groups is 1. The summed E-state index contributed by atoms with van der Waals surface area (Å²) in [5.41, 5.74) is 0. The Morgan fingerprint density at radius 2 is 2.05 bits per heavy atom. The first-order valence-electron chi connectivity index (χ1n) is 6.43. The van der Waals surface area contributed by atoms with Crippen molar-refractivity contribution in [3.63, 3.8) is 0 Å². The lowest BCUT2D eigenvalue weighted by atomic mass is 10.2. The van der Waals surface area contributed by atoms with Crippen molar-refractivity contribution in [1.82, 2.24) is 5.32 Å². The second-order valence-electron chi connectivity index (χ2n) is 4.58. The Labute approximate surface area is 137 Å². The zero-order valence-corrected chi connectivity index (χ0v) is 13.9. The van der Waals surface area contributed by atoms with Gasteiger partial charge in [0.15, 0.2) is 6.10 Å². The number of halogens is 2. The Balaban J connectivity index is 1.96. The molecular weight excluding hydrogens is 329 g/mol. The first-order valence-corrected chi connectivity index (χ1v) is 8.06. The topological polar surface area (TPSA) is 38.3 Å². The van der Waals surface area contributed by atoms with Gasteiger partial charge >= 0.3 is 0 Å². The zero-order valence-electron chi connectivity index (χ0n) is 11.6. The van der Waals surface area contributed by atoms with Crippen LogP contribution in [0, 0.1) is 0 Å². The fraction of sp³-hybridized carbons (Fsp3) is 0.267. The fourth-order valence-corrected chi connectivity index (χ4v) is 2.94. The van der Waals surface area contributed by atoms with Gasteiger partial charge in [-0.15, -0.1) is 11.3 Å². The summed E-state index contributed by atoms with van der Waals surface area (Å²) in [7, 11) is 0. The maximum atomic E-state index is 12.1. The molecule has 0 saturated carbocycles. The monoisotopic (exact) mass is 343 g/mol. The Morgan fingerprint density at radius 1 is 1.29 bits per heavy atom. The van der Waals surface area contributed by atoms with E-state index in [2.05, 4.69) is 5.32 Å². The van der Waals surface area contributed by atoms with Gasteiger partial charge in [-0.25, -0.2) is 0 Å². The Kier molecular flexibility index (Phi) is 5.51. The van der Waals surface area contributed by atoms with E-state index >= 15 is 0 Å². The van der Waals surface area contributed by atoms with Crippen LogP contribution in [0.4, 0.5) is 0 Å². The standard InChI is InChI=1S/C15H15Cl2NO2S/c1-9(14-4-3-7-21-14)18-15(19)10(2)20-13-6-5-11(16)8-12(13)17/h3-10H,1-2H3,(H,18,19). The Morgan fingerprint density at radius 3 is 2.67 bits per heavy atom. The van der Waals surface area contributed by atoms with E-state index in [4.69, 9.17) is 27.9 Å². The molecule has 2 atom stereocenters. The summed E-state index contributed by atoms with van der Waals surface area (Å²) < 4.78 is 5.58. The summed E-state index contributed by atoms with van der Waals surface area (Å²) in [5, 5.41) is 5.79.